The van der Waals surface area contributed by atoms with Gasteiger partial charge in [0.05, 0.1) is 18.9 Å². The van der Waals surface area contributed by atoms with Crippen LogP contribution in [0.3, 0.4) is 0 Å². The number of thioether (sulfide) groups is 1. The van der Waals surface area contributed by atoms with Crippen LogP contribution in [0.2, 0.25) is 0 Å². The molecule has 0 aliphatic carbocycles. The van der Waals surface area contributed by atoms with Gasteiger partial charge in [0, 0.05) is 16.2 Å². The van der Waals surface area contributed by atoms with Crippen molar-refractivity contribution in [1.29, 1.82) is 0 Å². The Hall–Kier alpha value is -1.46. The third kappa shape index (κ3) is 3.05. The second-order valence-corrected chi connectivity index (χ2v) is 4.95. The van der Waals surface area contributed by atoms with Crippen molar-refractivity contribution in [1.82, 2.24) is 5.16 Å². The molecule has 4 nitrogen and oxygen atoms in total. The van der Waals surface area contributed by atoms with E-state index in [0.29, 0.717) is 5.75 Å². The monoisotopic (exact) mass is 265 g/mol. The summed E-state index contributed by atoms with van der Waals surface area (Å²) in [5.41, 5.74) is 1.47. The average molecular weight is 265 g/mol. The highest BCUT2D eigenvalue weighted by molar-refractivity contribution is 7.99. The number of ether oxygens (including phenoxy) is 1. The molecule has 96 valence electrons. The molecule has 0 radical (unpaired) electrons. The van der Waals surface area contributed by atoms with Gasteiger partial charge in [0.25, 0.3) is 0 Å². The van der Waals surface area contributed by atoms with Crippen molar-refractivity contribution in [2.45, 2.75) is 17.9 Å². The third-order valence-electron chi connectivity index (χ3n) is 2.60. The Bertz CT molecular complexity index is 512. The van der Waals surface area contributed by atoms with Crippen LogP contribution in [0.4, 0.5) is 0 Å². The maximum atomic E-state index is 10.0. The van der Waals surface area contributed by atoms with Crippen LogP contribution in [0.1, 0.15) is 17.4 Å². The maximum Gasteiger partial charge on any atom is 0.129 e. The number of rotatable bonds is 5. The Balaban J connectivity index is 1.97. The zero-order valence-electron chi connectivity index (χ0n) is 10.3. The fraction of sp³-hybridized carbons (Fsp3) is 0.308. The van der Waals surface area contributed by atoms with Gasteiger partial charge in [-0.25, -0.2) is 0 Å². The molecule has 2 aromatic rings. The summed E-state index contributed by atoms with van der Waals surface area (Å²) < 4.78 is 9.97. The number of aryl methyl sites for hydroxylation is 1. The predicted molar refractivity (Wildman–Crippen MR) is 69.9 cm³/mol. The van der Waals surface area contributed by atoms with Gasteiger partial charge in [-0.1, -0.05) is 11.2 Å². The molecular formula is C13H15NO3S. The molecule has 0 saturated carbocycles. The Kier molecular flexibility index (Phi) is 4.28. The van der Waals surface area contributed by atoms with Crippen molar-refractivity contribution >= 4 is 11.8 Å². The molecule has 1 aromatic carbocycles. The average Bonchev–Trinajstić information content (AvgIpc) is 2.82. The van der Waals surface area contributed by atoms with Gasteiger partial charge in [-0.05, 0) is 25.1 Å². The van der Waals surface area contributed by atoms with Gasteiger partial charge in [0.2, 0.25) is 0 Å². The summed E-state index contributed by atoms with van der Waals surface area (Å²) in [6.07, 6.45) is 0.916. The summed E-state index contributed by atoms with van der Waals surface area (Å²) in [6.45, 7) is 1.82. The van der Waals surface area contributed by atoms with Gasteiger partial charge in [0.15, 0.2) is 0 Å². The molecule has 5 heteroatoms. The number of aliphatic hydroxyl groups is 1. The van der Waals surface area contributed by atoms with Gasteiger partial charge < -0.3 is 14.4 Å². The molecule has 1 atom stereocenters. The van der Waals surface area contributed by atoms with E-state index >= 15 is 0 Å². The normalized spacial score (nSPS) is 12.4. The molecule has 1 unspecified atom stereocenters. The van der Waals surface area contributed by atoms with E-state index in [4.69, 9.17) is 9.26 Å². The molecular weight excluding hydrogens is 250 g/mol. The molecule has 0 fully saturated rings. The third-order valence-corrected chi connectivity index (χ3v) is 3.66. The first-order valence-electron chi connectivity index (χ1n) is 5.56. The van der Waals surface area contributed by atoms with Crippen LogP contribution in [0.5, 0.6) is 5.75 Å². The Morgan fingerprint density at radius 1 is 1.50 bits per heavy atom. The van der Waals surface area contributed by atoms with Gasteiger partial charge in [0.1, 0.15) is 12.0 Å². The second-order valence-electron chi connectivity index (χ2n) is 3.86. The van der Waals surface area contributed by atoms with E-state index in [1.807, 2.05) is 31.2 Å². The minimum atomic E-state index is -0.576. The minimum Gasteiger partial charge on any atom is -0.497 e. The van der Waals surface area contributed by atoms with E-state index in [1.165, 1.54) is 6.26 Å². The summed E-state index contributed by atoms with van der Waals surface area (Å²) in [6, 6.07) is 7.75. The molecule has 0 aliphatic rings. The number of hydrogen-bond acceptors (Lipinski definition) is 5. The highest BCUT2D eigenvalue weighted by Crippen LogP contribution is 2.28. The van der Waals surface area contributed by atoms with Crippen molar-refractivity contribution in [2.75, 3.05) is 12.9 Å². The van der Waals surface area contributed by atoms with Crippen LogP contribution in [0, 0.1) is 6.92 Å². The lowest BCUT2D eigenvalue weighted by Crippen LogP contribution is -2.01. The molecule has 0 amide bonds. The SMILES string of the molecule is COc1cccc(SCC(O)c2conc2C)c1. The number of hydrogen-bond donors (Lipinski definition) is 1. The van der Waals surface area contributed by atoms with Crippen LogP contribution in [0.15, 0.2) is 39.9 Å². The smallest absolute Gasteiger partial charge is 0.129 e. The molecule has 0 saturated heterocycles. The molecule has 1 N–H and O–H groups in total. The first-order chi connectivity index (χ1) is 8.70. The first kappa shape index (κ1) is 13.0. The van der Waals surface area contributed by atoms with Gasteiger partial charge in [-0.2, -0.15) is 0 Å². The van der Waals surface area contributed by atoms with E-state index in [-0.39, 0.29) is 0 Å². The first-order valence-corrected chi connectivity index (χ1v) is 6.55. The summed E-state index contributed by atoms with van der Waals surface area (Å²) >= 11 is 1.57. The molecule has 18 heavy (non-hydrogen) atoms. The summed E-state index contributed by atoms with van der Waals surface area (Å²) in [4.78, 5) is 1.06. The summed E-state index contributed by atoms with van der Waals surface area (Å²) in [5.74, 6) is 1.37. The molecule has 0 bridgehead atoms. The fourth-order valence-electron chi connectivity index (χ4n) is 1.58. The van der Waals surface area contributed by atoms with E-state index in [1.54, 1.807) is 18.9 Å². The number of nitrogens with zero attached hydrogens (tertiary/aromatic N) is 1. The van der Waals surface area contributed by atoms with Crippen molar-refractivity contribution < 1.29 is 14.4 Å². The number of aliphatic hydroxyl groups excluding tert-OH is 1. The van der Waals surface area contributed by atoms with Crippen LogP contribution < -0.4 is 4.74 Å². The van der Waals surface area contributed by atoms with Crippen molar-refractivity contribution in [3.63, 3.8) is 0 Å². The number of benzene rings is 1. The van der Waals surface area contributed by atoms with Gasteiger partial charge in [-0.15, -0.1) is 11.8 Å². The lowest BCUT2D eigenvalue weighted by Gasteiger charge is -2.09. The van der Waals surface area contributed by atoms with E-state index in [0.717, 1.165) is 21.9 Å². The van der Waals surface area contributed by atoms with Crippen LogP contribution in [0.25, 0.3) is 0 Å². The predicted octanol–water partition coefficient (Wildman–Crippen LogP) is 2.82. The largest absolute Gasteiger partial charge is 0.497 e. The maximum absolute atomic E-state index is 10.0. The molecule has 1 aromatic heterocycles. The zero-order valence-corrected chi connectivity index (χ0v) is 11.1. The Labute approximate surface area is 110 Å². The Morgan fingerprint density at radius 2 is 2.33 bits per heavy atom. The molecule has 2 rings (SSSR count). The van der Waals surface area contributed by atoms with Crippen LogP contribution in [-0.2, 0) is 0 Å². The van der Waals surface area contributed by atoms with Gasteiger partial charge in [-0.3, -0.25) is 0 Å². The molecule has 0 aliphatic heterocycles. The number of methoxy groups -OCH3 is 1. The van der Waals surface area contributed by atoms with Gasteiger partial charge >= 0.3 is 0 Å². The fourth-order valence-corrected chi connectivity index (χ4v) is 2.48. The quantitative estimate of drug-likeness (QED) is 0.842. The van der Waals surface area contributed by atoms with E-state index in [2.05, 4.69) is 5.16 Å². The van der Waals surface area contributed by atoms with E-state index < -0.39 is 6.10 Å². The Morgan fingerprint density at radius 3 is 3.00 bits per heavy atom. The van der Waals surface area contributed by atoms with Crippen LogP contribution >= 0.6 is 11.8 Å². The molecule has 1 heterocycles. The second kappa shape index (κ2) is 5.93. The van der Waals surface area contributed by atoms with Crippen molar-refractivity contribution in [3.8, 4) is 5.75 Å². The summed E-state index contributed by atoms with van der Waals surface area (Å²) in [7, 11) is 1.64. The van der Waals surface area contributed by atoms with Crippen molar-refractivity contribution in [3.05, 3.63) is 41.8 Å². The number of aromatic nitrogens is 1. The standard InChI is InChI=1S/C13H15NO3S/c1-9-12(7-17-14-9)13(15)8-18-11-5-3-4-10(6-11)16-2/h3-7,13,15H,8H2,1-2H3. The summed E-state index contributed by atoms with van der Waals surface area (Å²) in [5, 5.41) is 13.8. The lowest BCUT2D eigenvalue weighted by molar-refractivity contribution is 0.202. The zero-order chi connectivity index (χ0) is 13.0. The highest BCUT2D eigenvalue weighted by atomic mass is 32.2. The minimum absolute atomic E-state index is 0.551. The lowest BCUT2D eigenvalue weighted by atomic mass is 10.2. The highest BCUT2D eigenvalue weighted by Gasteiger charge is 2.14. The molecule has 0 spiro atoms. The van der Waals surface area contributed by atoms with E-state index in [9.17, 15) is 5.11 Å². The topological polar surface area (TPSA) is 55.5 Å². The van der Waals surface area contributed by atoms with Crippen LogP contribution in [-0.4, -0.2) is 23.1 Å². The van der Waals surface area contributed by atoms with Crippen molar-refractivity contribution in [2.24, 2.45) is 0 Å².